The van der Waals surface area contributed by atoms with E-state index in [1.54, 1.807) is 0 Å². The molecule has 3 rings (SSSR count). The molecule has 0 spiro atoms. The maximum Gasteiger partial charge on any atom is 0.0403 e. The smallest absolute Gasteiger partial charge is 0.0403 e. The molecule has 0 radical (unpaired) electrons. The van der Waals surface area contributed by atoms with E-state index in [9.17, 15) is 0 Å². The van der Waals surface area contributed by atoms with Gasteiger partial charge in [-0.2, -0.15) is 0 Å². The number of hydrogen-bond acceptors (Lipinski definition) is 2. The van der Waals surface area contributed by atoms with Gasteiger partial charge in [0.1, 0.15) is 0 Å². The third-order valence-corrected chi connectivity index (χ3v) is 4.53. The Kier molecular flexibility index (Phi) is 2.67. The van der Waals surface area contributed by atoms with E-state index < -0.39 is 0 Å². The molecule has 1 aromatic heterocycles. The molecule has 1 aliphatic heterocycles. The largest absolute Gasteiger partial charge is 0.384 e. The molecule has 1 aromatic carbocycles. The van der Waals surface area contributed by atoms with Crippen LogP contribution in [0.1, 0.15) is 27.5 Å². The number of anilines is 1. The van der Waals surface area contributed by atoms with Gasteiger partial charge < -0.3 is 5.32 Å². The summed E-state index contributed by atoms with van der Waals surface area (Å²) in [6.07, 6.45) is 1.17. The predicted octanol–water partition coefficient (Wildman–Crippen LogP) is 4.12. The first-order chi connectivity index (χ1) is 8.24. The van der Waals surface area contributed by atoms with E-state index in [2.05, 4.69) is 48.8 Å². The summed E-state index contributed by atoms with van der Waals surface area (Å²) < 4.78 is 0. The Morgan fingerprint density at radius 2 is 2.18 bits per heavy atom. The lowest BCUT2D eigenvalue weighted by molar-refractivity contribution is 0.705. The SMILES string of the molecule is Cc1cc(C)c2c(c1)CC(c1cccs1)CN2. The van der Waals surface area contributed by atoms with E-state index in [1.165, 1.54) is 33.7 Å². The summed E-state index contributed by atoms with van der Waals surface area (Å²) in [5, 5.41) is 5.78. The summed E-state index contributed by atoms with van der Waals surface area (Å²) in [6, 6.07) is 8.99. The highest BCUT2D eigenvalue weighted by Crippen LogP contribution is 2.34. The number of hydrogen-bond donors (Lipinski definition) is 1. The van der Waals surface area contributed by atoms with Gasteiger partial charge in [-0.3, -0.25) is 0 Å². The molecular formula is C15H17NS. The Balaban J connectivity index is 1.95. The Hall–Kier alpha value is -1.28. The van der Waals surface area contributed by atoms with Crippen LogP contribution in [-0.2, 0) is 6.42 Å². The molecule has 1 nitrogen and oxygen atoms in total. The van der Waals surface area contributed by atoms with Gasteiger partial charge >= 0.3 is 0 Å². The molecule has 1 unspecified atom stereocenters. The standard InChI is InChI=1S/C15H17NS/c1-10-6-11(2)15-12(7-10)8-13(9-16-15)14-4-3-5-17-14/h3-7,13,16H,8-9H2,1-2H3. The lowest BCUT2D eigenvalue weighted by Crippen LogP contribution is -2.21. The summed E-state index contributed by atoms with van der Waals surface area (Å²) in [5.41, 5.74) is 5.59. The zero-order chi connectivity index (χ0) is 11.8. The molecule has 1 aliphatic rings. The maximum atomic E-state index is 3.60. The second kappa shape index (κ2) is 4.19. The first-order valence-electron chi connectivity index (χ1n) is 6.11. The monoisotopic (exact) mass is 243 g/mol. The fourth-order valence-corrected chi connectivity index (χ4v) is 3.59. The van der Waals surface area contributed by atoms with Crippen molar-refractivity contribution in [3.05, 3.63) is 51.2 Å². The van der Waals surface area contributed by atoms with E-state index in [0.717, 1.165) is 6.54 Å². The minimum Gasteiger partial charge on any atom is -0.384 e. The maximum absolute atomic E-state index is 3.60. The number of thiophene rings is 1. The summed E-state index contributed by atoms with van der Waals surface area (Å²) in [6.45, 7) is 5.45. The fraction of sp³-hybridized carbons (Fsp3) is 0.333. The van der Waals surface area contributed by atoms with Gasteiger partial charge in [-0.05, 0) is 42.8 Å². The number of rotatable bonds is 1. The van der Waals surface area contributed by atoms with Crippen molar-refractivity contribution < 1.29 is 0 Å². The van der Waals surface area contributed by atoms with Gasteiger partial charge in [0.2, 0.25) is 0 Å². The topological polar surface area (TPSA) is 12.0 Å². The van der Waals surface area contributed by atoms with Crippen LogP contribution < -0.4 is 5.32 Å². The van der Waals surface area contributed by atoms with Gasteiger partial charge in [0.15, 0.2) is 0 Å². The van der Waals surface area contributed by atoms with Gasteiger partial charge in [-0.1, -0.05) is 23.8 Å². The van der Waals surface area contributed by atoms with Crippen LogP contribution in [0.15, 0.2) is 29.6 Å². The van der Waals surface area contributed by atoms with Crippen LogP contribution in [0.3, 0.4) is 0 Å². The van der Waals surface area contributed by atoms with E-state index in [0.29, 0.717) is 5.92 Å². The van der Waals surface area contributed by atoms with Crippen molar-refractivity contribution in [2.75, 3.05) is 11.9 Å². The first kappa shape index (κ1) is 10.8. The van der Waals surface area contributed by atoms with Gasteiger partial charge in [0.25, 0.3) is 0 Å². The molecular weight excluding hydrogens is 226 g/mol. The van der Waals surface area contributed by atoms with Crippen molar-refractivity contribution in [2.24, 2.45) is 0 Å². The molecule has 0 aliphatic carbocycles. The quantitative estimate of drug-likeness (QED) is 0.794. The molecule has 1 atom stereocenters. The molecule has 88 valence electrons. The predicted molar refractivity (Wildman–Crippen MR) is 75.2 cm³/mol. The third-order valence-electron chi connectivity index (χ3n) is 3.50. The number of fused-ring (bicyclic) bond motifs is 1. The van der Waals surface area contributed by atoms with Crippen LogP contribution in [0, 0.1) is 13.8 Å². The highest BCUT2D eigenvalue weighted by Gasteiger charge is 2.21. The molecule has 2 heterocycles. The second-order valence-corrected chi connectivity index (χ2v) is 5.89. The highest BCUT2D eigenvalue weighted by molar-refractivity contribution is 7.10. The molecule has 0 saturated heterocycles. The Morgan fingerprint density at radius 3 is 2.94 bits per heavy atom. The molecule has 2 aromatic rings. The van der Waals surface area contributed by atoms with Crippen LogP contribution in [0.4, 0.5) is 5.69 Å². The molecule has 0 saturated carbocycles. The summed E-state index contributed by atoms with van der Waals surface area (Å²) in [5.74, 6) is 0.642. The van der Waals surface area contributed by atoms with E-state index in [-0.39, 0.29) is 0 Å². The number of aryl methyl sites for hydroxylation is 2. The highest BCUT2D eigenvalue weighted by atomic mass is 32.1. The average molecular weight is 243 g/mol. The van der Waals surface area contributed by atoms with Crippen LogP contribution in [0.5, 0.6) is 0 Å². The van der Waals surface area contributed by atoms with Crippen LogP contribution in [-0.4, -0.2) is 6.54 Å². The van der Waals surface area contributed by atoms with Crippen molar-refractivity contribution in [1.29, 1.82) is 0 Å². The molecule has 1 N–H and O–H groups in total. The molecule has 0 bridgehead atoms. The summed E-state index contributed by atoms with van der Waals surface area (Å²) in [7, 11) is 0. The fourth-order valence-electron chi connectivity index (χ4n) is 2.76. The van der Waals surface area contributed by atoms with Crippen LogP contribution in [0.2, 0.25) is 0 Å². The zero-order valence-corrected chi connectivity index (χ0v) is 11.1. The average Bonchev–Trinajstić information content (AvgIpc) is 2.81. The normalized spacial score (nSPS) is 18.6. The molecule has 0 fully saturated rings. The molecule has 17 heavy (non-hydrogen) atoms. The first-order valence-corrected chi connectivity index (χ1v) is 6.99. The molecule has 0 amide bonds. The van der Waals surface area contributed by atoms with Crippen LogP contribution >= 0.6 is 11.3 Å². The number of nitrogens with one attached hydrogen (secondary N) is 1. The summed E-state index contributed by atoms with van der Waals surface area (Å²) >= 11 is 1.87. The van der Waals surface area contributed by atoms with Gasteiger partial charge in [-0.25, -0.2) is 0 Å². The van der Waals surface area contributed by atoms with Gasteiger partial charge in [0.05, 0.1) is 0 Å². The molecule has 2 heteroatoms. The van der Waals surface area contributed by atoms with Crippen molar-refractivity contribution in [3.8, 4) is 0 Å². The zero-order valence-electron chi connectivity index (χ0n) is 10.3. The Morgan fingerprint density at radius 1 is 1.29 bits per heavy atom. The number of benzene rings is 1. The summed E-state index contributed by atoms with van der Waals surface area (Å²) in [4.78, 5) is 1.50. The second-order valence-electron chi connectivity index (χ2n) is 4.91. The minimum absolute atomic E-state index is 0.642. The van der Waals surface area contributed by atoms with Crippen molar-refractivity contribution >= 4 is 17.0 Å². The van der Waals surface area contributed by atoms with E-state index in [1.807, 2.05) is 11.3 Å². The Labute approximate surface area is 106 Å². The van der Waals surface area contributed by atoms with Gasteiger partial charge in [0, 0.05) is 23.0 Å². The Bertz CT molecular complexity index is 528. The lowest BCUT2D eigenvalue weighted by Gasteiger charge is -2.27. The lowest BCUT2D eigenvalue weighted by atomic mass is 9.90. The van der Waals surface area contributed by atoms with Gasteiger partial charge in [-0.15, -0.1) is 11.3 Å². The van der Waals surface area contributed by atoms with E-state index >= 15 is 0 Å². The van der Waals surface area contributed by atoms with Crippen molar-refractivity contribution in [2.45, 2.75) is 26.2 Å². The van der Waals surface area contributed by atoms with E-state index in [4.69, 9.17) is 0 Å². The minimum atomic E-state index is 0.642. The van der Waals surface area contributed by atoms with Crippen molar-refractivity contribution in [3.63, 3.8) is 0 Å². The van der Waals surface area contributed by atoms with Crippen molar-refractivity contribution in [1.82, 2.24) is 0 Å². The third kappa shape index (κ3) is 1.98. The van der Waals surface area contributed by atoms with Crippen LogP contribution in [0.25, 0.3) is 0 Å².